The summed E-state index contributed by atoms with van der Waals surface area (Å²) in [7, 11) is 1.51. The average Bonchev–Trinajstić information content (AvgIpc) is 2.75. The molecule has 4 rings (SSSR count). The van der Waals surface area contributed by atoms with Gasteiger partial charge in [0.25, 0.3) is 0 Å². The Hall–Kier alpha value is -3.37. The second kappa shape index (κ2) is 8.78. The first-order chi connectivity index (χ1) is 15.0. The van der Waals surface area contributed by atoms with Crippen LogP contribution in [0.4, 0.5) is 0 Å². The summed E-state index contributed by atoms with van der Waals surface area (Å²) in [6, 6.07) is 9.92. The Morgan fingerprint density at radius 1 is 1.32 bits per heavy atom. The highest BCUT2D eigenvalue weighted by atomic mass is 16.5. The van der Waals surface area contributed by atoms with Crippen molar-refractivity contribution in [2.45, 2.75) is 26.4 Å². The molecule has 1 aromatic heterocycles. The molecule has 31 heavy (non-hydrogen) atoms. The predicted molar refractivity (Wildman–Crippen MR) is 115 cm³/mol. The topological polar surface area (TPSA) is 95.7 Å². The summed E-state index contributed by atoms with van der Waals surface area (Å²) in [4.78, 5) is 17.5. The predicted octanol–water partition coefficient (Wildman–Crippen LogP) is 3.28. The van der Waals surface area contributed by atoms with Gasteiger partial charge in [0.15, 0.2) is 5.75 Å². The fraction of sp³-hybridized carbons (Fsp3) is 0.375. The Morgan fingerprint density at radius 2 is 2.13 bits per heavy atom. The number of hydrogen-bond acceptors (Lipinski definition) is 6. The lowest BCUT2D eigenvalue weighted by Gasteiger charge is -2.38. The SMILES string of the molecule is COc1cnc(COc2ccc3c(c2)CCC(CN2CC(C(=O)O)C2)=C3C)cc1C#N. The van der Waals surface area contributed by atoms with Crippen LogP contribution in [0.25, 0.3) is 5.57 Å². The van der Waals surface area contributed by atoms with E-state index >= 15 is 0 Å². The Bertz CT molecular complexity index is 1080. The van der Waals surface area contributed by atoms with Gasteiger partial charge in [-0.15, -0.1) is 0 Å². The molecular weight excluding hydrogens is 394 g/mol. The minimum Gasteiger partial charge on any atom is -0.494 e. The highest BCUT2D eigenvalue weighted by molar-refractivity contribution is 5.73. The summed E-state index contributed by atoms with van der Waals surface area (Å²) in [5.41, 5.74) is 6.26. The first-order valence-corrected chi connectivity index (χ1v) is 10.3. The number of nitrogens with zero attached hydrogens (tertiary/aromatic N) is 3. The number of nitriles is 1. The number of methoxy groups -OCH3 is 1. The molecule has 1 saturated heterocycles. The van der Waals surface area contributed by atoms with Crippen LogP contribution in [0.5, 0.6) is 11.5 Å². The van der Waals surface area contributed by atoms with E-state index in [0.717, 1.165) is 25.1 Å². The minimum atomic E-state index is -0.697. The van der Waals surface area contributed by atoms with Gasteiger partial charge in [-0.1, -0.05) is 11.6 Å². The number of carboxylic acid groups (broad SMARTS) is 1. The number of likely N-dealkylation sites (tertiary alicyclic amines) is 1. The zero-order valence-electron chi connectivity index (χ0n) is 17.7. The molecule has 1 aromatic carbocycles. The quantitative estimate of drug-likeness (QED) is 0.736. The maximum atomic E-state index is 11.0. The highest BCUT2D eigenvalue weighted by Gasteiger charge is 2.33. The fourth-order valence-electron chi connectivity index (χ4n) is 4.19. The number of pyridine rings is 1. The Balaban J connectivity index is 1.41. The number of ether oxygens (including phenoxy) is 2. The van der Waals surface area contributed by atoms with Crippen LogP contribution in [0.1, 0.15) is 35.7 Å². The monoisotopic (exact) mass is 419 g/mol. The van der Waals surface area contributed by atoms with E-state index < -0.39 is 5.97 Å². The van der Waals surface area contributed by atoms with Crippen molar-refractivity contribution >= 4 is 11.5 Å². The maximum absolute atomic E-state index is 11.0. The number of allylic oxidation sites excluding steroid dienone is 1. The highest BCUT2D eigenvalue weighted by Crippen LogP contribution is 2.34. The molecule has 2 aromatic rings. The molecule has 0 radical (unpaired) electrons. The van der Waals surface area contributed by atoms with Crippen molar-refractivity contribution in [3.8, 4) is 17.6 Å². The summed E-state index contributed by atoms with van der Waals surface area (Å²) in [5.74, 6) is 0.311. The van der Waals surface area contributed by atoms with Crippen LogP contribution in [-0.4, -0.2) is 47.7 Å². The van der Waals surface area contributed by atoms with Gasteiger partial charge >= 0.3 is 5.97 Å². The van der Waals surface area contributed by atoms with Crippen LogP contribution >= 0.6 is 0 Å². The van der Waals surface area contributed by atoms with Crippen LogP contribution in [-0.2, 0) is 17.8 Å². The summed E-state index contributed by atoms with van der Waals surface area (Å²) in [6.45, 7) is 4.54. The van der Waals surface area contributed by atoms with Gasteiger partial charge in [0.05, 0.1) is 30.5 Å². The second-order valence-electron chi connectivity index (χ2n) is 8.05. The van der Waals surface area contributed by atoms with E-state index in [9.17, 15) is 10.1 Å². The van der Waals surface area contributed by atoms with Crippen LogP contribution in [0.2, 0.25) is 0 Å². The van der Waals surface area contributed by atoms with E-state index in [4.69, 9.17) is 14.6 Å². The zero-order chi connectivity index (χ0) is 22.0. The Kier molecular flexibility index (Phi) is 5.92. The van der Waals surface area contributed by atoms with Crippen molar-refractivity contribution < 1.29 is 19.4 Å². The number of aromatic nitrogens is 1. The van der Waals surface area contributed by atoms with Crippen molar-refractivity contribution in [2.24, 2.45) is 5.92 Å². The van der Waals surface area contributed by atoms with Crippen LogP contribution < -0.4 is 9.47 Å². The molecule has 0 unspecified atom stereocenters. The lowest BCUT2D eigenvalue weighted by atomic mass is 9.85. The molecule has 0 spiro atoms. The van der Waals surface area contributed by atoms with Crippen molar-refractivity contribution in [3.05, 3.63) is 58.4 Å². The lowest BCUT2D eigenvalue weighted by Crippen LogP contribution is -2.50. The van der Waals surface area contributed by atoms with Gasteiger partial charge in [-0.3, -0.25) is 14.7 Å². The van der Waals surface area contributed by atoms with E-state index in [2.05, 4.69) is 35.0 Å². The Labute approximate surface area is 181 Å². The van der Waals surface area contributed by atoms with Crippen molar-refractivity contribution in [2.75, 3.05) is 26.7 Å². The molecule has 160 valence electrons. The number of carbonyl (C=O) groups is 1. The number of carboxylic acids is 1. The van der Waals surface area contributed by atoms with Gasteiger partial charge in [-0.05, 0) is 54.7 Å². The molecule has 1 aliphatic heterocycles. The molecule has 1 fully saturated rings. The number of rotatable bonds is 7. The third-order valence-corrected chi connectivity index (χ3v) is 6.08. The van der Waals surface area contributed by atoms with E-state index in [-0.39, 0.29) is 12.5 Å². The molecule has 7 heteroatoms. The van der Waals surface area contributed by atoms with Crippen molar-refractivity contribution in [3.63, 3.8) is 0 Å². The van der Waals surface area contributed by atoms with Gasteiger partial charge in [-0.25, -0.2) is 0 Å². The number of aryl methyl sites for hydroxylation is 1. The van der Waals surface area contributed by atoms with Crippen LogP contribution in [0, 0.1) is 17.2 Å². The Morgan fingerprint density at radius 3 is 2.84 bits per heavy atom. The molecule has 0 saturated carbocycles. The molecule has 1 N–H and O–H groups in total. The summed E-state index contributed by atoms with van der Waals surface area (Å²) >= 11 is 0. The standard InChI is InChI=1S/C24H25N3O4/c1-15-17(11-27-12-19(13-27)24(28)29)4-3-16-8-21(5-6-22(15)16)31-14-20-7-18(9-25)23(30-2)10-26-20/h5-8,10,19H,3-4,11-14H2,1-2H3,(H,28,29). The number of benzene rings is 1. The van der Waals surface area contributed by atoms with E-state index in [0.29, 0.717) is 30.1 Å². The van der Waals surface area contributed by atoms with Crippen LogP contribution in [0.15, 0.2) is 36.0 Å². The lowest BCUT2D eigenvalue weighted by molar-refractivity contribution is -0.147. The summed E-state index contributed by atoms with van der Waals surface area (Å²) < 4.78 is 11.1. The summed E-state index contributed by atoms with van der Waals surface area (Å²) in [6.07, 6.45) is 3.45. The molecule has 0 amide bonds. The van der Waals surface area contributed by atoms with Crippen molar-refractivity contribution in [1.82, 2.24) is 9.88 Å². The average molecular weight is 419 g/mol. The van der Waals surface area contributed by atoms with Gasteiger partial charge in [0.1, 0.15) is 18.4 Å². The first-order valence-electron chi connectivity index (χ1n) is 10.3. The largest absolute Gasteiger partial charge is 0.494 e. The number of hydrogen-bond donors (Lipinski definition) is 1. The van der Waals surface area contributed by atoms with Gasteiger partial charge < -0.3 is 14.6 Å². The van der Waals surface area contributed by atoms with Gasteiger partial charge in [-0.2, -0.15) is 5.26 Å². The van der Waals surface area contributed by atoms with Crippen molar-refractivity contribution in [1.29, 1.82) is 5.26 Å². The second-order valence-corrected chi connectivity index (χ2v) is 8.05. The van der Waals surface area contributed by atoms with Crippen LogP contribution in [0.3, 0.4) is 0 Å². The van der Waals surface area contributed by atoms with E-state index in [1.165, 1.54) is 35.6 Å². The molecule has 1 aliphatic carbocycles. The normalized spacial score (nSPS) is 16.3. The molecule has 0 atom stereocenters. The number of fused-ring (bicyclic) bond motifs is 1. The zero-order valence-corrected chi connectivity index (χ0v) is 17.7. The third kappa shape index (κ3) is 4.39. The smallest absolute Gasteiger partial charge is 0.309 e. The molecular formula is C24H25N3O4. The molecule has 2 aliphatic rings. The van der Waals surface area contributed by atoms with E-state index in [1.54, 1.807) is 6.07 Å². The summed E-state index contributed by atoms with van der Waals surface area (Å²) in [5, 5.41) is 18.3. The molecule has 2 heterocycles. The maximum Gasteiger partial charge on any atom is 0.309 e. The third-order valence-electron chi connectivity index (χ3n) is 6.08. The first kappa shape index (κ1) is 20.9. The number of aliphatic carboxylic acids is 1. The van der Waals surface area contributed by atoms with E-state index in [1.807, 2.05) is 6.07 Å². The van der Waals surface area contributed by atoms with Gasteiger partial charge in [0.2, 0.25) is 0 Å². The molecule has 0 bridgehead atoms. The van der Waals surface area contributed by atoms with Gasteiger partial charge in [0, 0.05) is 19.6 Å². The molecule has 7 nitrogen and oxygen atoms in total. The minimum absolute atomic E-state index is 0.221. The fourth-order valence-corrected chi connectivity index (χ4v) is 4.19.